The summed E-state index contributed by atoms with van der Waals surface area (Å²) in [5.74, 6) is 0.0446. The number of H-pyrrole nitrogens is 1. The van der Waals surface area contributed by atoms with Crippen LogP contribution in [-0.2, 0) is 4.79 Å². The van der Waals surface area contributed by atoms with Crippen molar-refractivity contribution in [3.63, 3.8) is 0 Å². The van der Waals surface area contributed by atoms with Gasteiger partial charge in [-0.05, 0) is 25.0 Å². The smallest absolute Gasteiger partial charge is 0.259 e. The predicted molar refractivity (Wildman–Crippen MR) is 121 cm³/mol. The first-order chi connectivity index (χ1) is 15.6. The molecule has 1 N–H and O–H groups in total. The third kappa shape index (κ3) is 3.88. The van der Waals surface area contributed by atoms with Gasteiger partial charge in [-0.25, -0.2) is 4.52 Å². The van der Waals surface area contributed by atoms with Crippen LogP contribution in [0, 0.1) is 0 Å². The molecule has 9 nitrogen and oxygen atoms in total. The molecule has 0 radical (unpaired) electrons. The molecule has 4 heterocycles. The van der Waals surface area contributed by atoms with Gasteiger partial charge in [-0.1, -0.05) is 25.0 Å². The molecule has 2 aromatic heterocycles. The second-order valence-electron chi connectivity index (χ2n) is 8.65. The van der Waals surface area contributed by atoms with Gasteiger partial charge in [-0.2, -0.15) is 5.10 Å². The summed E-state index contributed by atoms with van der Waals surface area (Å²) in [5, 5.41) is 4.89. The minimum atomic E-state index is -0.237. The van der Waals surface area contributed by atoms with Crippen molar-refractivity contribution in [2.75, 3.05) is 45.8 Å². The topological polar surface area (TPSA) is 94.0 Å². The summed E-state index contributed by atoms with van der Waals surface area (Å²) in [6.45, 7) is 4.53. The lowest BCUT2D eigenvalue weighted by Gasteiger charge is -2.35. The van der Waals surface area contributed by atoms with Crippen LogP contribution in [0.5, 0.6) is 0 Å². The standard InChI is InChI=1S/C23H28N6O3/c30-20(27-9-5-1-2-6-10-27)16-26-11-13-28(14-12-26)23(32)18-15-24-29-19-8-4-3-7-17(19)22(31)25-21(18)29/h3-4,7-8,15H,1-2,5-6,9-14,16H2,(H,25,31). The van der Waals surface area contributed by atoms with Crippen molar-refractivity contribution >= 4 is 28.4 Å². The minimum Gasteiger partial charge on any atom is -0.342 e. The van der Waals surface area contributed by atoms with Crippen LogP contribution >= 0.6 is 0 Å². The number of para-hydroxylation sites is 1. The van der Waals surface area contributed by atoms with E-state index in [-0.39, 0.29) is 17.4 Å². The second kappa shape index (κ2) is 8.74. The van der Waals surface area contributed by atoms with Crippen molar-refractivity contribution in [2.45, 2.75) is 25.7 Å². The van der Waals surface area contributed by atoms with Gasteiger partial charge in [0.1, 0.15) is 11.2 Å². The first-order valence-electron chi connectivity index (χ1n) is 11.4. The normalized spacial score (nSPS) is 18.2. The number of piperazine rings is 1. The van der Waals surface area contributed by atoms with Crippen LogP contribution in [-0.4, -0.2) is 86.9 Å². The molecule has 0 bridgehead atoms. The van der Waals surface area contributed by atoms with Gasteiger partial charge in [0.15, 0.2) is 0 Å². The van der Waals surface area contributed by atoms with E-state index < -0.39 is 0 Å². The number of rotatable bonds is 3. The van der Waals surface area contributed by atoms with Crippen molar-refractivity contribution < 1.29 is 9.59 Å². The number of carbonyl (C=O) groups is 2. The second-order valence-corrected chi connectivity index (χ2v) is 8.65. The zero-order chi connectivity index (χ0) is 22.1. The van der Waals surface area contributed by atoms with E-state index in [4.69, 9.17) is 0 Å². The van der Waals surface area contributed by atoms with E-state index in [0.717, 1.165) is 25.9 Å². The van der Waals surface area contributed by atoms with Crippen molar-refractivity contribution in [1.82, 2.24) is 29.3 Å². The maximum absolute atomic E-state index is 13.2. The Kier molecular flexibility index (Phi) is 5.65. The number of nitrogens with zero attached hydrogens (tertiary/aromatic N) is 5. The molecule has 0 unspecified atom stereocenters. The van der Waals surface area contributed by atoms with Crippen LogP contribution in [0.15, 0.2) is 35.3 Å². The van der Waals surface area contributed by atoms with Crippen molar-refractivity contribution in [3.05, 3.63) is 46.4 Å². The highest BCUT2D eigenvalue weighted by Crippen LogP contribution is 2.17. The van der Waals surface area contributed by atoms with E-state index in [0.29, 0.717) is 54.8 Å². The number of benzene rings is 1. The van der Waals surface area contributed by atoms with Gasteiger partial charge in [0.05, 0.1) is 23.6 Å². The van der Waals surface area contributed by atoms with Crippen molar-refractivity contribution in [2.24, 2.45) is 0 Å². The van der Waals surface area contributed by atoms with Gasteiger partial charge in [-0.15, -0.1) is 0 Å². The SMILES string of the molecule is O=C(CN1CCN(C(=O)c2cnn3c2[nH]c(=O)c2ccccc23)CC1)N1CCCCCC1. The van der Waals surface area contributed by atoms with Crippen molar-refractivity contribution in [1.29, 1.82) is 0 Å². The van der Waals surface area contributed by atoms with Gasteiger partial charge in [-0.3, -0.25) is 19.3 Å². The van der Waals surface area contributed by atoms with Crippen LogP contribution in [0.1, 0.15) is 36.0 Å². The Balaban J connectivity index is 1.26. The number of hydrogen-bond acceptors (Lipinski definition) is 5. The Morgan fingerprint density at radius 1 is 0.906 bits per heavy atom. The lowest BCUT2D eigenvalue weighted by Crippen LogP contribution is -2.51. The molecule has 1 aromatic carbocycles. The third-order valence-electron chi connectivity index (χ3n) is 6.59. The fourth-order valence-corrected chi connectivity index (χ4v) is 4.72. The van der Waals surface area contributed by atoms with E-state index in [2.05, 4.69) is 15.0 Å². The van der Waals surface area contributed by atoms with Crippen LogP contribution in [0.2, 0.25) is 0 Å². The van der Waals surface area contributed by atoms with Crippen molar-refractivity contribution in [3.8, 4) is 0 Å². The summed E-state index contributed by atoms with van der Waals surface area (Å²) < 4.78 is 1.61. The molecule has 0 spiro atoms. The summed E-state index contributed by atoms with van der Waals surface area (Å²) in [4.78, 5) is 47.0. The number of amides is 2. The molecule has 168 valence electrons. The Morgan fingerprint density at radius 3 is 2.38 bits per heavy atom. The Labute approximate surface area is 185 Å². The number of aromatic amines is 1. The number of likely N-dealkylation sites (tertiary alicyclic amines) is 1. The molecule has 9 heteroatoms. The zero-order valence-electron chi connectivity index (χ0n) is 18.1. The fraction of sp³-hybridized carbons (Fsp3) is 0.478. The molecule has 2 fully saturated rings. The van der Waals surface area contributed by atoms with E-state index in [9.17, 15) is 14.4 Å². The van der Waals surface area contributed by atoms with Gasteiger partial charge in [0.2, 0.25) is 5.91 Å². The molecule has 0 saturated carbocycles. The molecular weight excluding hydrogens is 408 g/mol. The molecule has 2 amide bonds. The van der Waals surface area contributed by atoms with Gasteiger partial charge in [0, 0.05) is 39.3 Å². The van der Waals surface area contributed by atoms with E-state index >= 15 is 0 Å². The lowest BCUT2D eigenvalue weighted by atomic mass is 10.2. The predicted octanol–water partition coefficient (Wildman–Crippen LogP) is 1.34. The third-order valence-corrected chi connectivity index (χ3v) is 6.59. The lowest BCUT2D eigenvalue weighted by molar-refractivity contribution is -0.132. The Bertz CT molecular complexity index is 1200. The number of aromatic nitrogens is 3. The molecule has 3 aromatic rings. The van der Waals surface area contributed by atoms with Gasteiger partial charge in [0.25, 0.3) is 11.5 Å². The largest absolute Gasteiger partial charge is 0.342 e. The number of hydrogen-bond donors (Lipinski definition) is 1. The van der Waals surface area contributed by atoms with Crippen LogP contribution < -0.4 is 5.56 Å². The number of nitrogens with one attached hydrogen (secondary N) is 1. The molecule has 2 aliphatic rings. The maximum atomic E-state index is 13.2. The van der Waals surface area contributed by atoms with E-state index in [1.807, 2.05) is 17.0 Å². The summed E-state index contributed by atoms with van der Waals surface area (Å²) >= 11 is 0. The molecule has 2 aliphatic heterocycles. The maximum Gasteiger partial charge on any atom is 0.259 e. The summed E-state index contributed by atoms with van der Waals surface area (Å²) in [6.07, 6.45) is 6.11. The average molecular weight is 437 g/mol. The summed E-state index contributed by atoms with van der Waals surface area (Å²) in [7, 11) is 0. The van der Waals surface area contributed by atoms with Crippen LogP contribution in [0.25, 0.3) is 16.6 Å². The van der Waals surface area contributed by atoms with Crippen LogP contribution in [0.4, 0.5) is 0 Å². The zero-order valence-corrected chi connectivity index (χ0v) is 18.1. The number of fused-ring (bicyclic) bond motifs is 3. The summed E-state index contributed by atoms with van der Waals surface area (Å²) in [6, 6.07) is 7.20. The molecular formula is C23H28N6O3. The first kappa shape index (κ1) is 20.7. The molecule has 0 atom stereocenters. The van der Waals surface area contributed by atoms with Crippen LogP contribution in [0.3, 0.4) is 0 Å². The monoisotopic (exact) mass is 436 g/mol. The highest BCUT2D eigenvalue weighted by atomic mass is 16.2. The van der Waals surface area contributed by atoms with Gasteiger partial charge >= 0.3 is 0 Å². The molecule has 32 heavy (non-hydrogen) atoms. The Morgan fingerprint density at radius 2 is 1.62 bits per heavy atom. The Hall–Kier alpha value is -3.20. The average Bonchev–Trinajstić information content (AvgIpc) is 3.04. The molecule has 0 aliphatic carbocycles. The number of carbonyl (C=O) groups excluding carboxylic acids is 2. The summed E-state index contributed by atoms with van der Waals surface area (Å²) in [5.41, 5.74) is 1.24. The highest BCUT2D eigenvalue weighted by Gasteiger charge is 2.27. The molecule has 5 rings (SSSR count). The quantitative estimate of drug-likeness (QED) is 0.669. The molecule has 2 saturated heterocycles. The highest BCUT2D eigenvalue weighted by molar-refractivity contribution is 6.00. The first-order valence-corrected chi connectivity index (χ1v) is 11.4. The van der Waals surface area contributed by atoms with E-state index in [1.165, 1.54) is 19.0 Å². The minimum absolute atomic E-state index is 0.149. The van der Waals surface area contributed by atoms with Gasteiger partial charge < -0.3 is 14.8 Å². The van der Waals surface area contributed by atoms with E-state index in [1.54, 1.807) is 21.5 Å². The fourth-order valence-electron chi connectivity index (χ4n) is 4.72.